The summed E-state index contributed by atoms with van der Waals surface area (Å²) in [7, 11) is 0. The van der Waals surface area contributed by atoms with Crippen molar-refractivity contribution in [2.45, 2.75) is 26.2 Å². The normalized spacial score (nSPS) is 15.8. The van der Waals surface area contributed by atoms with Crippen molar-refractivity contribution in [1.82, 2.24) is 5.32 Å². The van der Waals surface area contributed by atoms with Crippen LogP contribution in [0, 0.1) is 0 Å². The molecule has 0 spiro atoms. The van der Waals surface area contributed by atoms with Gasteiger partial charge >= 0.3 is 0 Å². The summed E-state index contributed by atoms with van der Waals surface area (Å²) in [4.78, 5) is 0. The first-order valence-corrected chi connectivity index (χ1v) is 6.37. The third-order valence-electron chi connectivity index (χ3n) is 3.13. The Morgan fingerprint density at radius 3 is 2.59 bits per heavy atom. The van der Waals surface area contributed by atoms with Gasteiger partial charge in [0.1, 0.15) is 12.4 Å². The van der Waals surface area contributed by atoms with E-state index in [9.17, 15) is 0 Å². The van der Waals surface area contributed by atoms with Gasteiger partial charge in [0.15, 0.2) is 0 Å². The first-order chi connectivity index (χ1) is 8.25. The summed E-state index contributed by atoms with van der Waals surface area (Å²) in [6, 6.07) is 8.43. The molecule has 0 amide bonds. The third-order valence-corrected chi connectivity index (χ3v) is 3.13. The predicted molar refractivity (Wildman–Crippen MR) is 71.6 cm³/mol. The second-order valence-corrected chi connectivity index (χ2v) is 4.83. The molecule has 0 saturated heterocycles. The maximum Gasteiger partial charge on any atom is 0.119 e. The molecule has 17 heavy (non-hydrogen) atoms. The lowest BCUT2D eigenvalue weighted by atomic mass is 10.0. The molecule has 1 heterocycles. The van der Waals surface area contributed by atoms with Crippen molar-refractivity contribution >= 4 is 0 Å². The van der Waals surface area contributed by atoms with E-state index in [1.807, 2.05) is 0 Å². The fourth-order valence-electron chi connectivity index (χ4n) is 1.93. The van der Waals surface area contributed by atoms with Crippen molar-refractivity contribution in [3.63, 3.8) is 0 Å². The Bertz CT molecular complexity index is 378. The zero-order chi connectivity index (χ0) is 12.1. The maximum atomic E-state index is 5.78. The van der Waals surface area contributed by atoms with E-state index in [1.165, 1.54) is 11.1 Å². The zero-order valence-corrected chi connectivity index (χ0v) is 10.7. The van der Waals surface area contributed by atoms with Crippen molar-refractivity contribution < 1.29 is 4.74 Å². The van der Waals surface area contributed by atoms with Gasteiger partial charge in [0.05, 0.1) is 0 Å². The van der Waals surface area contributed by atoms with Crippen LogP contribution in [0.4, 0.5) is 0 Å². The zero-order valence-electron chi connectivity index (χ0n) is 10.7. The minimum atomic E-state index is 0.580. The van der Waals surface area contributed by atoms with Gasteiger partial charge in [-0.15, -0.1) is 0 Å². The van der Waals surface area contributed by atoms with E-state index < -0.39 is 0 Å². The van der Waals surface area contributed by atoms with Gasteiger partial charge in [0, 0.05) is 6.54 Å². The van der Waals surface area contributed by atoms with E-state index in [0.717, 1.165) is 31.9 Å². The topological polar surface area (TPSA) is 21.3 Å². The predicted octanol–water partition coefficient (Wildman–Crippen LogP) is 3.11. The largest absolute Gasteiger partial charge is 0.489 e. The average molecular weight is 231 g/mol. The maximum absolute atomic E-state index is 5.78. The first kappa shape index (κ1) is 12.2. The van der Waals surface area contributed by atoms with E-state index in [0.29, 0.717) is 5.92 Å². The Morgan fingerprint density at radius 2 is 2.00 bits per heavy atom. The Hall–Kier alpha value is -1.28. The van der Waals surface area contributed by atoms with E-state index >= 15 is 0 Å². The van der Waals surface area contributed by atoms with Crippen molar-refractivity contribution in [1.29, 1.82) is 0 Å². The Morgan fingerprint density at radius 1 is 1.24 bits per heavy atom. The van der Waals surface area contributed by atoms with Crippen molar-refractivity contribution in [2.75, 3.05) is 19.7 Å². The number of rotatable bonds is 4. The minimum absolute atomic E-state index is 0.580. The molecule has 2 rings (SSSR count). The molecule has 0 radical (unpaired) electrons. The standard InChI is InChI=1S/C15H21NO/c1-12(2)14-3-5-15(6-4-14)17-11-13-7-9-16-10-8-13/h3-7,12,16H,8-11H2,1-2H3. The molecule has 0 atom stereocenters. The van der Waals surface area contributed by atoms with E-state index in [1.54, 1.807) is 0 Å². The summed E-state index contributed by atoms with van der Waals surface area (Å²) in [6.45, 7) is 7.18. The monoisotopic (exact) mass is 231 g/mol. The highest BCUT2D eigenvalue weighted by molar-refractivity contribution is 5.29. The molecular formula is C15H21NO. The molecule has 1 N–H and O–H groups in total. The van der Waals surface area contributed by atoms with Crippen LogP contribution in [0.15, 0.2) is 35.9 Å². The van der Waals surface area contributed by atoms with Crippen LogP contribution in [0.1, 0.15) is 31.7 Å². The molecule has 0 fully saturated rings. The van der Waals surface area contributed by atoms with E-state index in [4.69, 9.17) is 4.74 Å². The van der Waals surface area contributed by atoms with Crippen molar-refractivity contribution in [2.24, 2.45) is 0 Å². The number of nitrogens with one attached hydrogen (secondary N) is 1. The Labute approximate surface area is 104 Å². The summed E-state index contributed by atoms with van der Waals surface area (Å²) < 4.78 is 5.78. The van der Waals surface area contributed by atoms with Crippen LogP contribution in [0.25, 0.3) is 0 Å². The molecule has 2 nitrogen and oxygen atoms in total. The molecule has 92 valence electrons. The molecule has 1 aromatic rings. The number of ether oxygens (including phenoxy) is 1. The summed E-state index contributed by atoms with van der Waals surface area (Å²) in [5.41, 5.74) is 2.76. The van der Waals surface area contributed by atoms with Gasteiger partial charge in [0.2, 0.25) is 0 Å². The van der Waals surface area contributed by atoms with Gasteiger partial charge < -0.3 is 10.1 Å². The van der Waals surface area contributed by atoms with Gasteiger partial charge in [-0.2, -0.15) is 0 Å². The van der Waals surface area contributed by atoms with Crippen LogP contribution in [-0.2, 0) is 0 Å². The van der Waals surface area contributed by atoms with Gasteiger partial charge in [0.25, 0.3) is 0 Å². The molecule has 0 aliphatic carbocycles. The molecule has 0 aromatic heterocycles. The second kappa shape index (κ2) is 5.87. The second-order valence-electron chi connectivity index (χ2n) is 4.83. The van der Waals surface area contributed by atoms with E-state index in [-0.39, 0.29) is 0 Å². The molecule has 1 aromatic carbocycles. The van der Waals surface area contributed by atoms with Crippen LogP contribution in [0.2, 0.25) is 0 Å². The molecule has 0 unspecified atom stereocenters. The van der Waals surface area contributed by atoms with Crippen LogP contribution in [-0.4, -0.2) is 19.7 Å². The lowest BCUT2D eigenvalue weighted by Crippen LogP contribution is -2.22. The fraction of sp³-hybridized carbons (Fsp3) is 0.467. The SMILES string of the molecule is CC(C)c1ccc(OCC2=CCNCC2)cc1. The van der Waals surface area contributed by atoms with E-state index in [2.05, 4.69) is 49.5 Å². The molecule has 1 aliphatic heterocycles. The number of hydrogen-bond donors (Lipinski definition) is 1. The number of benzene rings is 1. The van der Waals surface area contributed by atoms with Gasteiger partial charge in [-0.3, -0.25) is 0 Å². The highest BCUT2D eigenvalue weighted by Gasteiger charge is 2.04. The fourth-order valence-corrected chi connectivity index (χ4v) is 1.93. The Balaban J connectivity index is 1.88. The van der Waals surface area contributed by atoms with Crippen molar-refractivity contribution in [3.05, 3.63) is 41.5 Å². The van der Waals surface area contributed by atoms with Gasteiger partial charge in [-0.25, -0.2) is 0 Å². The molecule has 0 saturated carbocycles. The summed E-state index contributed by atoms with van der Waals surface area (Å²) in [5.74, 6) is 1.55. The summed E-state index contributed by atoms with van der Waals surface area (Å²) in [6.07, 6.45) is 3.33. The van der Waals surface area contributed by atoms with Crippen molar-refractivity contribution in [3.8, 4) is 5.75 Å². The lowest BCUT2D eigenvalue weighted by molar-refractivity contribution is 0.344. The number of hydrogen-bond acceptors (Lipinski definition) is 2. The molecular weight excluding hydrogens is 210 g/mol. The van der Waals surface area contributed by atoms with Crippen LogP contribution >= 0.6 is 0 Å². The highest BCUT2D eigenvalue weighted by atomic mass is 16.5. The molecule has 1 aliphatic rings. The summed E-state index contributed by atoms with van der Waals surface area (Å²) >= 11 is 0. The highest BCUT2D eigenvalue weighted by Crippen LogP contribution is 2.19. The molecule has 0 bridgehead atoms. The van der Waals surface area contributed by atoms with Gasteiger partial charge in [-0.05, 0) is 42.2 Å². The van der Waals surface area contributed by atoms with Gasteiger partial charge in [-0.1, -0.05) is 32.1 Å². The molecule has 2 heteroatoms. The minimum Gasteiger partial charge on any atom is -0.489 e. The smallest absolute Gasteiger partial charge is 0.119 e. The Kier molecular flexibility index (Phi) is 4.21. The van der Waals surface area contributed by atoms with Crippen LogP contribution in [0.3, 0.4) is 0 Å². The van der Waals surface area contributed by atoms with Crippen LogP contribution in [0.5, 0.6) is 5.75 Å². The lowest BCUT2D eigenvalue weighted by Gasteiger charge is -2.15. The third kappa shape index (κ3) is 3.60. The quantitative estimate of drug-likeness (QED) is 0.804. The van der Waals surface area contributed by atoms with Crippen LogP contribution < -0.4 is 10.1 Å². The first-order valence-electron chi connectivity index (χ1n) is 6.37. The summed E-state index contributed by atoms with van der Waals surface area (Å²) in [5, 5.41) is 3.30. The average Bonchev–Trinajstić information content (AvgIpc) is 2.38.